The van der Waals surface area contributed by atoms with Crippen molar-refractivity contribution in [2.45, 2.75) is 26.3 Å². The maximum absolute atomic E-state index is 4.32. The van der Waals surface area contributed by atoms with E-state index in [0.29, 0.717) is 0 Å². The van der Waals surface area contributed by atoms with Crippen molar-refractivity contribution in [3.63, 3.8) is 0 Å². The standard InChI is InChI=1S/C9H15N5/c1-7(2)14-12-9(11-13-14)8-4-3-5-10-6-8/h4,7,10H,3,5-6H2,1-2H3. The minimum absolute atomic E-state index is 0.272. The number of hydrogen-bond donors (Lipinski definition) is 1. The fourth-order valence-electron chi connectivity index (χ4n) is 1.39. The van der Waals surface area contributed by atoms with E-state index >= 15 is 0 Å². The summed E-state index contributed by atoms with van der Waals surface area (Å²) in [4.78, 5) is 1.64. The second-order valence-corrected chi connectivity index (χ2v) is 3.72. The third-order valence-electron chi connectivity index (χ3n) is 2.20. The molecular formula is C9H15N5. The van der Waals surface area contributed by atoms with Crippen LogP contribution in [0.15, 0.2) is 6.08 Å². The second-order valence-electron chi connectivity index (χ2n) is 3.72. The predicted octanol–water partition coefficient (Wildman–Crippen LogP) is 0.631. The molecule has 0 amide bonds. The van der Waals surface area contributed by atoms with Crippen molar-refractivity contribution in [2.24, 2.45) is 0 Å². The molecule has 5 heteroatoms. The molecular weight excluding hydrogens is 178 g/mol. The van der Waals surface area contributed by atoms with Gasteiger partial charge < -0.3 is 5.32 Å². The predicted molar refractivity (Wildman–Crippen MR) is 53.7 cm³/mol. The van der Waals surface area contributed by atoms with Crippen LogP contribution in [0.2, 0.25) is 0 Å². The van der Waals surface area contributed by atoms with Gasteiger partial charge in [0.05, 0.1) is 6.04 Å². The van der Waals surface area contributed by atoms with Gasteiger partial charge in [-0.25, -0.2) is 0 Å². The summed E-state index contributed by atoms with van der Waals surface area (Å²) in [6, 6.07) is 0.272. The molecule has 1 aromatic rings. The zero-order chi connectivity index (χ0) is 9.97. The Morgan fingerprint density at radius 2 is 2.36 bits per heavy atom. The quantitative estimate of drug-likeness (QED) is 0.748. The van der Waals surface area contributed by atoms with Crippen molar-refractivity contribution in [3.8, 4) is 0 Å². The minimum Gasteiger partial charge on any atom is -0.312 e. The molecule has 0 atom stereocenters. The van der Waals surface area contributed by atoms with Gasteiger partial charge in [0, 0.05) is 12.1 Å². The Hall–Kier alpha value is -1.23. The first-order valence-electron chi connectivity index (χ1n) is 4.97. The van der Waals surface area contributed by atoms with E-state index in [4.69, 9.17) is 0 Å². The van der Waals surface area contributed by atoms with E-state index in [1.54, 1.807) is 4.80 Å². The molecule has 1 aliphatic heterocycles. The van der Waals surface area contributed by atoms with Gasteiger partial charge in [0.25, 0.3) is 0 Å². The molecule has 0 spiro atoms. The molecule has 1 aliphatic rings. The van der Waals surface area contributed by atoms with Crippen molar-refractivity contribution >= 4 is 5.57 Å². The fourth-order valence-corrected chi connectivity index (χ4v) is 1.39. The van der Waals surface area contributed by atoms with E-state index in [9.17, 15) is 0 Å². The Balaban J connectivity index is 2.19. The largest absolute Gasteiger partial charge is 0.312 e. The monoisotopic (exact) mass is 193 g/mol. The van der Waals surface area contributed by atoms with Crippen LogP contribution < -0.4 is 5.32 Å². The Labute approximate surface area is 83.2 Å². The van der Waals surface area contributed by atoms with Gasteiger partial charge in [-0.05, 0) is 32.0 Å². The van der Waals surface area contributed by atoms with Crippen LogP contribution in [-0.4, -0.2) is 33.3 Å². The van der Waals surface area contributed by atoms with Crippen molar-refractivity contribution in [3.05, 3.63) is 11.9 Å². The summed E-state index contributed by atoms with van der Waals surface area (Å²) in [5, 5.41) is 15.6. The average Bonchev–Trinajstić information content (AvgIpc) is 2.68. The summed E-state index contributed by atoms with van der Waals surface area (Å²) in [6.07, 6.45) is 3.23. The summed E-state index contributed by atoms with van der Waals surface area (Å²) in [5.41, 5.74) is 1.16. The van der Waals surface area contributed by atoms with Crippen LogP contribution in [0.25, 0.3) is 5.57 Å². The van der Waals surface area contributed by atoms with Crippen LogP contribution in [0.4, 0.5) is 0 Å². The molecule has 0 radical (unpaired) electrons. The van der Waals surface area contributed by atoms with E-state index in [1.165, 1.54) is 0 Å². The lowest BCUT2D eigenvalue weighted by Crippen LogP contribution is -2.22. The molecule has 2 rings (SSSR count). The highest BCUT2D eigenvalue weighted by Crippen LogP contribution is 2.11. The van der Waals surface area contributed by atoms with Crippen molar-refractivity contribution in [1.82, 2.24) is 25.5 Å². The maximum Gasteiger partial charge on any atom is 0.201 e. The Morgan fingerprint density at radius 3 is 2.93 bits per heavy atom. The SMILES string of the molecule is CC(C)n1nnc(C2=CCCNC2)n1. The lowest BCUT2D eigenvalue weighted by atomic mass is 10.1. The minimum atomic E-state index is 0.272. The molecule has 0 aromatic carbocycles. The summed E-state index contributed by atoms with van der Waals surface area (Å²) in [5.74, 6) is 0.755. The third kappa shape index (κ3) is 1.82. The summed E-state index contributed by atoms with van der Waals surface area (Å²) < 4.78 is 0. The molecule has 0 fully saturated rings. The first kappa shape index (κ1) is 9.33. The lowest BCUT2D eigenvalue weighted by Gasteiger charge is -2.10. The molecule has 76 valence electrons. The molecule has 0 saturated heterocycles. The highest BCUT2D eigenvalue weighted by molar-refractivity contribution is 5.61. The highest BCUT2D eigenvalue weighted by Gasteiger charge is 2.11. The molecule has 0 unspecified atom stereocenters. The van der Waals surface area contributed by atoms with E-state index in [0.717, 1.165) is 30.9 Å². The van der Waals surface area contributed by atoms with Crippen LogP contribution in [-0.2, 0) is 0 Å². The first-order valence-corrected chi connectivity index (χ1v) is 4.97. The first-order chi connectivity index (χ1) is 6.77. The van der Waals surface area contributed by atoms with E-state index in [1.807, 2.05) is 13.8 Å². The van der Waals surface area contributed by atoms with Crippen LogP contribution >= 0.6 is 0 Å². The molecule has 5 nitrogen and oxygen atoms in total. The summed E-state index contributed by atoms with van der Waals surface area (Å²) >= 11 is 0. The Kier molecular flexibility index (Phi) is 2.58. The molecule has 1 N–H and O–H groups in total. The lowest BCUT2D eigenvalue weighted by molar-refractivity contribution is 0.454. The van der Waals surface area contributed by atoms with Crippen LogP contribution in [0.1, 0.15) is 32.1 Å². The maximum atomic E-state index is 4.32. The molecule has 1 aromatic heterocycles. The zero-order valence-corrected chi connectivity index (χ0v) is 8.56. The average molecular weight is 193 g/mol. The van der Waals surface area contributed by atoms with E-state index < -0.39 is 0 Å². The third-order valence-corrected chi connectivity index (χ3v) is 2.20. The van der Waals surface area contributed by atoms with Gasteiger partial charge in [0.1, 0.15) is 0 Å². The normalized spacial score (nSPS) is 17.2. The smallest absolute Gasteiger partial charge is 0.201 e. The summed E-state index contributed by atoms with van der Waals surface area (Å²) in [7, 11) is 0. The number of aromatic nitrogens is 4. The fraction of sp³-hybridized carbons (Fsp3) is 0.667. The molecule has 0 bridgehead atoms. The number of tetrazole rings is 1. The zero-order valence-electron chi connectivity index (χ0n) is 8.56. The number of rotatable bonds is 2. The van der Waals surface area contributed by atoms with Gasteiger partial charge in [-0.2, -0.15) is 4.80 Å². The number of nitrogens with zero attached hydrogens (tertiary/aromatic N) is 4. The molecule has 2 heterocycles. The molecule has 0 aliphatic carbocycles. The number of nitrogens with one attached hydrogen (secondary N) is 1. The molecule has 0 saturated carbocycles. The van der Waals surface area contributed by atoms with Gasteiger partial charge in [-0.3, -0.25) is 0 Å². The van der Waals surface area contributed by atoms with Crippen molar-refractivity contribution in [2.75, 3.05) is 13.1 Å². The van der Waals surface area contributed by atoms with Gasteiger partial charge in [0.2, 0.25) is 5.82 Å². The van der Waals surface area contributed by atoms with Gasteiger partial charge >= 0.3 is 0 Å². The Bertz CT molecular complexity index is 339. The van der Waals surface area contributed by atoms with Gasteiger partial charge in [-0.15, -0.1) is 10.2 Å². The van der Waals surface area contributed by atoms with Crippen molar-refractivity contribution < 1.29 is 0 Å². The van der Waals surface area contributed by atoms with Gasteiger partial charge in [-0.1, -0.05) is 6.08 Å². The Morgan fingerprint density at radius 1 is 1.50 bits per heavy atom. The van der Waals surface area contributed by atoms with Crippen LogP contribution in [0.3, 0.4) is 0 Å². The second kappa shape index (κ2) is 3.88. The molecule has 14 heavy (non-hydrogen) atoms. The van der Waals surface area contributed by atoms with Gasteiger partial charge in [0.15, 0.2) is 0 Å². The topological polar surface area (TPSA) is 55.6 Å². The number of hydrogen-bond acceptors (Lipinski definition) is 4. The van der Waals surface area contributed by atoms with Crippen LogP contribution in [0.5, 0.6) is 0 Å². The van der Waals surface area contributed by atoms with E-state index in [-0.39, 0.29) is 6.04 Å². The van der Waals surface area contributed by atoms with E-state index in [2.05, 4.69) is 26.8 Å². The van der Waals surface area contributed by atoms with Crippen LogP contribution in [0, 0.1) is 0 Å². The summed E-state index contributed by atoms with van der Waals surface area (Å²) in [6.45, 7) is 5.98. The highest BCUT2D eigenvalue weighted by atomic mass is 15.6. The van der Waals surface area contributed by atoms with Crippen molar-refractivity contribution in [1.29, 1.82) is 0 Å².